The van der Waals surface area contributed by atoms with Crippen LogP contribution >= 0.6 is 0 Å². The summed E-state index contributed by atoms with van der Waals surface area (Å²) in [5.74, 6) is 1.60. The maximum absolute atomic E-state index is 13.3. The van der Waals surface area contributed by atoms with Crippen LogP contribution in [-0.4, -0.2) is 58.2 Å². The van der Waals surface area contributed by atoms with Gasteiger partial charge in [-0.25, -0.2) is 9.99 Å². The van der Waals surface area contributed by atoms with Crippen molar-refractivity contribution in [1.29, 1.82) is 0 Å². The number of aromatic amines is 1. The first-order valence-corrected chi connectivity index (χ1v) is 10.9. The first-order valence-electron chi connectivity index (χ1n) is 10.9. The lowest BCUT2D eigenvalue weighted by molar-refractivity contribution is -0.134. The van der Waals surface area contributed by atoms with E-state index in [1.807, 2.05) is 48.5 Å². The smallest absolute Gasteiger partial charge is 0.257 e. The minimum atomic E-state index is -0.234. The van der Waals surface area contributed by atoms with Gasteiger partial charge >= 0.3 is 0 Å². The Bertz CT molecular complexity index is 1070. The van der Waals surface area contributed by atoms with Gasteiger partial charge in [-0.05, 0) is 67.9 Å². The summed E-state index contributed by atoms with van der Waals surface area (Å²) >= 11 is 0. The van der Waals surface area contributed by atoms with Crippen molar-refractivity contribution in [2.45, 2.75) is 31.7 Å². The lowest BCUT2D eigenvalue weighted by atomic mass is 10.0. The lowest BCUT2D eigenvalue weighted by Crippen LogP contribution is -2.40. The highest BCUT2D eigenvalue weighted by Gasteiger charge is 2.35. The quantitative estimate of drug-likeness (QED) is 0.686. The van der Waals surface area contributed by atoms with Crippen LogP contribution in [-0.2, 0) is 4.79 Å². The van der Waals surface area contributed by atoms with Gasteiger partial charge in [0, 0.05) is 6.42 Å². The number of methoxy groups -OCH3 is 1. The van der Waals surface area contributed by atoms with Gasteiger partial charge in [-0.3, -0.25) is 9.69 Å². The number of piperidine rings is 1. The van der Waals surface area contributed by atoms with Gasteiger partial charge in [0.2, 0.25) is 0 Å². The zero-order valence-electron chi connectivity index (χ0n) is 17.8. The molecule has 0 spiro atoms. The summed E-state index contributed by atoms with van der Waals surface area (Å²) in [5.41, 5.74) is 3.76. The number of hydrogen-bond donors (Lipinski definition) is 1. The number of hydrogen-bond acceptors (Lipinski definition) is 5. The number of nitrogens with one attached hydrogen (secondary N) is 1. The Hall–Kier alpha value is -3.19. The number of nitrogens with zero attached hydrogens (tertiary/aromatic N) is 4. The predicted molar refractivity (Wildman–Crippen MR) is 120 cm³/mol. The molecule has 0 aliphatic carbocycles. The maximum atomic E-state index is 13.3. The van der Waals surface area contributed by atoms with Crippen LogP contribution in [0.3, 0.4) is 0 Å². The van der Waals surface area contributed by atoms with Crippen molar-refractivity contribution < 1.29 is 9.53 Å². The number of ether oxygens (including phenoxy) is 1. The van der Waals surface area contributed by atoms with Crippen molar-refractivity contribution in [2.75, 3.05) is 26.7 Å². The number of rotatable bonds is 5. The van der Waals surface area contributed by atoms with Crippen LogP contribution in [0.2, 0.25) is 0 Å². The van der Waals surface area contributed by atoms with Gasteiger partial charge in [0.15, 0.2) is 0 Å². The fourth-order valence-corrected chi connectivity index (χ4v) is 4.42. The van der Waals surface area contributed by atoms with Crippen molar-refractivity contribution in [3.63, 3.8) is 0 Å². The molecule has 2 aliphatic rings. The van der Waals surface area contributed by atoms with Crippen LogP contribution in [0.15, 0.2) is 53.6 Å². The molecule has 7 nitrogen and oxygen atoms in total. The first kappa shape index (κ1) is 19.8. The molecule has 0 bridgehead atoms. The minimum Gasteiger partial charge on any atom is -0.497 e. The number of likely N-dealkylation sites (tertiary alicyclic amines) is 1. The number of benzene rings is 2. The maximum Gasteiger partial charge on any atom is 0.257 e. The summed E-state index contributed by atoms with van der Waals surface area (Å²) in [6, 6.07) is 15.5. The largest absolute Gasteiger partial charge is 0.497 e. The third kappa shape index (κ3) is 4.05. The van der Waals surface area contributed by atoms with E-state index in [2.05, 4.69) is 9.88 Å². The van der Waals surface area contributed by atoms with Gasteiger partial charge in [0.25, 0.3) is 5.91 Å². The zero-order valence-corrected chi connectivity index (χ0v) is 17.8. The summed E-state index contributed by atoms with van der Waals surface area (Å²) in [4.78, 5) is 23.7. The van der Waals surface area contributed by atoms with Crippen molar-refractivity contribution in [1.82, 2.24) is 19.9 Å². The number of fused-ring (bicyclic) bond motifs is 1. The second kappa shape index (κ2) is 8.51. The number of hydrazone groups is 1. The van der Waals surface area contributed by atoms with E-state index >= 15 is 0 Å². The molecule has 0 saturated carbocycles. The molecule has 1 N–H and O–H groups in total. The fraction of sp³-hybridized carbons (Fsp3) is 0.375. The predicted octanol–water partition coefficient (Wildman–Crippen LogP) is 3.74. The fourth-order valence-electron chi connectivity index (χ4n) is 4.42. The highest BCUT2D eigenvalue weighted by molar-refractivity contribution is 6.03. The summed E-state index contributed by atoms with van der Waals surface area (Å²) in [6.45, 7) is 2.35. The normalized spacial score (nSPS) is 19.6. The molecule has 3 aromatic rings. The highest BCUT2D eigenvalue weighted by Crippen LogP contribution is 2.33. The average molecular weight is 418 g/mol. The van der Waals surface area contributed by atoms with Gasteiger partial charge in [0.05, 0.1) is 30.4 Å². The molecule has 5 rings (SSSR count). The van der Waals surface area contributed by atoms with Crippen LogP contribution in [0.1, 0.15) is 43.1 Å². The van der Waals surface area contributed by atoms with Crippen molar-refractivity contribution >= 4 is 22.7 Å². The Morgan fingerprint density at radius 3 is 2.61 bits per heavy atom. The number of imidazole rings is 1. The average Bonchev–Trinajstić information content (AvgIpc) is 3.44. The molecule has 1 saturated heterocycles. The van der Waals surface area contributed by atoms with E-state index in [-0.39, 0.29) is 11.9 Å². The second-order valence-corrected chi connectivity index (χ2v) is 8.21. The molecular weight excluding hydrogens is 390 g/mol. The van der Waals surface area contributed by atoms with Gasteiger partial charge in [0.1, 0.15) is 17.6 Å². The van der Waals surface area contributed by atoms with E-state index < -0.39 is 0 Å². The summed E-state index contributed by atoms with van der Waals surface area (Å²) in [6.07, 6.45) is 4.18. The summed E-state index contributed by atoms with van der Waals surface area (Å²) in [7, 11) is 1.65. The van der Waals surface area contributed by atoms with Crippen molar-refractivity contribution in [3.05, 3.63) is 59.9 Å². The van der Waals surface area contributed by atoms with Crippen molar-refractivity contribution in [2.24, 2.45) is 5.10 Å². The Morgan fingerprint density at radius 2 is 1.87 bits per heavy atom. The number of H-pyrrole nitrogens is 1. The standard InChI is InChI=1S/C24H27N5O2/c1-31-18-11-9-17(10-12-18)21-15-22(24-25-19-7-3-4-8-20(19)26-24)29(27-21)23(30)16-28-13-5-2-6-14-28/h3-4,7-12,22H,2,5-6,13-16H2,1H3,(H,25,26)/t22-/m1/s1. The lowest BCUT2D eigenvalue weighted by Gasteiger charge is -2.28. The van der Waals surface area contributed by atoms with Crippen LogP contribution in [0.5, 0.6) is 5.75 Å². The third-order valence-corrected chi connectivity index (χ3v) is 6.12. The Labute approximate surface area is 181 Å². The molecule has 3 heterocycles. The monoisotopic (exact) mass is 417 g/mol. The van der Waals surface area contributed by atoms with Crippen LogP contribution < -0.4 is 4.74 Å². The highest BCUT2D eigenvalue weighted by atomic mass is 16.5. The van der Waals surface area contributed by atoms with Crippen LogP contribution in [0, 0.1) is 0 Å². The second-order valence-electron chi connectivity index (χ2n) is 8.21. The third-order valence-electron chi connectivity index (χ3n) is 6.12. The van der Waals surface area contributed by atoms with Gasteiger partial charge in [-0.2, -0.15) is 5.10 Å². The number of carbonyl (C=O) groups is 1. The molecule has 31 heavy (non-hydrogen) atoms. The van der Waals surface area contributed by atoms with Gasteiger partial charge < -0.3 is 9.72 Å². The van der Waals surface area contributed by atoms with Crippen molar-refractivity contribution in [3.8, 4) is 5.75 Å². The molecule has 2 aromatic carbocycles. The number of amides is 1. The number of carbonyl (C=O) groups excluding carboxylic acids is 1. The molecule has 1 atom stereocenters. The van der Waals surface area contributed by atoms with E-state index in [1.165, 1.54) is 6.42 Å². The van der Waals surface area contributed by atoms with E-state index in [1.54, 1.807) is 12.1 Å². The first-order chi connectivity index (χ1) is 15.2. The van der Waals surface area contributed by atoms with Gasteiger partial charge in [-0.15, -0.1) is 0 Å². The molecule has 0 radical (unpaired) electrons. The zero-order chi connectivity index (χ0) is 21.2. The number of para-hydroxylation sites is 2. The van der Waals surface area contributed by atoms with E-state index in [9.17, 15) is 4.79 Å². The van der Waals surface area contributed by atoms with E-state index in [0.29, 0.717) is 13.0 Å². The van der Waals surface area contributed by atoms with Crippen LogP contribution in [0.25, 0.3) is 11.0 Å². The summed E-state index contributed by atoms with van der Waals surface area (Å²) < 4.78 is 5.27. The topological polar surface area (TPSA) is 73.8 Å². The Morgan fingerprint density at radius 1 is 1.10 bits per heavy atom. The van der Waals surface area contributed by atoms with E-state index in [4.69, 9.17) is 14.8 Å². The molecule has 7 heteroatoms. The van der Waals surface area contributed by atoms with Crippen LogP contribution in [0.4, 0.5) is 0 Å². The molecule has 2 aliphatic heterocycles. The molecule has 160 valence electrons. The Balaban J connectivity index is 1.45. The SMILES string of the molecule is COc1ccc(C2=NN(C(=O)CN3CCCCC3)[C@@H](c3nc4ccccc4[nH]3)C2)cc1. The number of aromatic nitrogens is 2. The molecule has 1 fully saturated rings. The molecule has 1 amide bonds. The molecule has 0 unspecified atom stereocenters. The van der Waals surface area contributed by atoms with E-state index in [0.717, 1.165) is 59.8 Å². The Kier molecular flexibility index (Phi) is 5.42. The summed E-state index contributed by atoms with van der Waals surface area (Å²) in [5, 5.41) is 6.42. The molecular formula is C24H27N5O2. The molecule has 1 aromatic heterocycles. The van der Waals surface area contributed by atoms with Gasteiger partial charge in [-0.1, -0.05) is 18.6 Å². The minimum absolute atomic E-state index is 0.0240.